The second-order valence-electron chi connectivity index (χ2n) is 9.64. The van der Waals surface area contributed by atoms with E-state index in [1.807, 2.05) is 30.0 Å². The van der Waals surface area contributed by atoms with Gasteiger partial charge in [0.15, 0.2) is 0 Å². The average molecular weight is 511 g/mol. The molecule has 1 N–H and O–H groups in total. The second kappa shape index (κ2) is 12.5. The van der Waals surface area contributed by atoms with Crippen LogP contribution in [-0.2, 0) is 4.79 Å². The van der Waals surface area contributed by atoms with Crippen LogP contribution >= 0.6 is 11.8 Å². The maximum absolute atomic E-state index is 15.4. The minimum atomic E-state index is -1.17. The Morgan fingerprint density at radius 3 is 2.81 bits per heavy atom. The van der Waals surface area contributed by atoms with Crippen molar-refractivity contribution in [3.63, 3.8) is 0 Å². The summed E-state index contributed by atoms with van der Waals surface area (Å²) in [7, 11) is 1.59. The maximum atomic E-state index is 15.4. The van der Waals surface area contributed by atoms with Crippen molar-refractivity contribution in [2.75, 3.05) is 32.5 Å². The zero-order valence-electron chi connectivity index (χ0n) is 21.0. The molecule has 192 valence electrons. The van der Waals surface area contributed by atoms with E-state index in [1.165, 1.54) is 10.5 Å². The summed E-state index contributed by atoms with van der Waals surface area (Å²) in [6.45, 7) is 4.40. The monoisotopic (exact) mass is 510 g/mol. The molecule has 3 atom stereocenters. The fourth-order valence-electron chi connectivity index (χ4n) is 5.07. The van der Waals surface area contributed by atoms with Crippen LogP contribution in [0, 0.1) is 18.8 Å². The fraction of sp³-hybridized carbons (Fsp3) is 0.448. The highest BCUT2D eigenvalue weighted by Crippen LogP contribution is 2.35. The highest BCUT2D eigenvalue weighted by atomic mass is 32.2. The second-order valence-corrected chi connectivity index (χ2v) is 10.8. The molecular weight excluding hydrogens is 475 g/mol. The molecule has 1 aromatic heterocycles. The van der Waals surface area contributed by atoms with Crippen molar-refractivity contribution in [3.8, 4) is 5.75 Å². The molecule has 5 nitrogen and oxygen atoms in total. The van der Waals surface area contributed by atoms with Gasteiger partial charge in [0, 0.05) is 23.0 Å². The number of aryl methyl sites for hydroxylation is 1. The summed E-state index contributed by atoms with van der Waals surface area (Å²) in [5, 5.41) is 10.7. The standard InChI is InChI=1S/C29H35FN2O3S/c1-20-4-8-23(9-5-20)36-17-3-15-32-16-13-21(26(19-32)29(33)34)6-10-27(30)24-12-14-31-28-11-7-22(35-2)18-25(24)28/h4-5,7-9,11-12,14,18,21,26-27H,3,6,10,13,15-17,19H2,1-2H3,(H,33,34)/t21-,26+,27?/m1/s1. The number of benzene rings is 2. The smallest absolute Gasteiger partial charge is 0.308 e. The van der Waals surface area contributed by atoms with E-state index in [1.54, 1.807) is 19.4 Å². The number of aliphatic carboxylic acids is 1. The number of carbonyl (C=O) groups is 1. The molecule has 7 heteroatoms. The average Bonchev–Trinajstić information content (AvgIpc) is 2.90. The quantitative estimate of drug-likeness (QED) is 0.233. The van der Waals surface area contributed by atoms with Gasteiger partial charge in [0.05, 0.1) is 18.5 Å². The first-order valence-corrected chi connectivity index (χ1v) is 13.6. The Morgan fingerprint density at radius 1 is 1.25 bits per heavy atom. The number of halogens is 1. The van der Waals surface area contributed by atoms with E-state index in [2.05, 4.69) is 41.1 Å². The Morgan fingerprint density at radius 2 is 2.06 bits per heavy atom. The Kier molecular flexibility index (Phi) is 9.21. The van der Waals surface area contributed by atoms with Gasteiger partial charge in [-0.1, -0.05) is 17.7 Å². The minimum absolute atomic E-state index is 0.0124. The van der Waals surface area contributed by atoms with E-state index in [0.717, 1.165) is 42.6 Å². The number of thioether (sulfide) groups is 1. The zero-order chi connectivity index (χ0) is 25.5. The van der Waals surface area contributed by atoms with Crippen LogP contribution in [0.5, 0.6) is 5.75 Å². The molecule has 0 amide bonds. The van der Waals surface area contributed by atoms with Crippen LogP contribution in [0.1, 0.15) is 43.0 Å². The molecule has 0 bridgehead atoms. The molecule has 1 aliphatic rings. The van der Waals surface area contributed by atoms with Gasteiger partial charge in [0.1, 0.15) is 11.9 Å². The summed E-state index contributed by atoms with van der Waals surface area (Å²) in [6.07, 6.45) is 3.13. The van der Waals surface area contributed by atoms with Gasteiger partial charge in [-0.15, -0.1) is 11.8 Å². The molecular formula is C29H35FN2O3S. The van der Waals surface area contributed by atoms with Crippen LogP contribution in [0.4, 0.5) is 4.39 Å². The number of alkyl halides is 1. The third kappa shape index (κ3) is 6.77. The Hall–Kier alpha value is -2.64. The van der Waals surface area contributed by atoms with Gasteiger partial charge in [0.2, 0.25) is 0 Å². The van der Waals surface area contributed by atoms with Crippen molar-refractivity contribution in [2.24, 2.45) is 11.8 Å². The van der Waals surface area contributed by atoms with Crippen molar-refractivity contribution in [3.05, 3.63) is 65.9 Å². The highest BCUT2D eigenvalue weighted by Gasteiger charge is 2.34. The summed E-state index contributed by atoms with van der Waals surface area (Å²) >= 11 is 1.84. The van der Waals surface area contributed by atoms with Gasteiger partial charge in [-0.2, -0.15) is 0 Å². The summed E-state index contributed by atoms with van der Waals surface area (Å²) in [5.41, 5.74) is 2.58. The number of hydrogen-bond donors (Lipinski definition) is 1. The maximum Gasteiger partial charge on any atom is 0.308 e. The Balaban J connectivity index is 1.29. The third-order valence-corrected chi connectivity index (χ3v) is 8.27. The lowest BCUT2D eigenvalue weighted by molar-refractivity contribution is -0.146. The molecule has 36 heavy (non-hydrogen) atoms. The van der Waals surface area contributed by atoms with E-state index >= 15 is 4.39 Å². The number of fused-ring (bicyclic) bond motifs is 1. The lowest BCUT2D eigenvalue weighted by atomic mass is 9.81. The number of nitrogens with zero attached hydrogens (tertiary/aromatic N) is 2. The number of piperidine rings is 1. The number of pyridine rings is 1. The minimum Gasteiger partial charge on any atom is -0.497 e. The topological polar surface area (TPSA) is 62.7 Å². The van der Waals surface area contributed by atoms with Crippen molar-refractivity contribution in [1.29, 1.82) is 0 Å². The first-order valence-electron chi connectivity index (χ1n) is 12.7. The molecule has 0 aliphatic carbocycles. The molecule has 2 heterocycles. The predicted molar refractivity (Wildman–Crippen MR) is 144 cm³/mol. The number of carboxylic acids is 1. The third-order valence-electron chi connectivity index (χ3n) is 7.18. The number of likely N-dealkylation sites (tertiary alicyclic amines) is 1. The van der Waals surface area contributed by atoms with Gasteiger partial charge in [-0.05, 0) is 99.3 Å². The lowest BCUT2D eigenvalue weighted by Crippen LogP contribution is -2.44. The molecule has 2 aromatic carbocycles. The largest absolute Gasteiger partial charge is 0.497 e. The Bertz CT molecular complexity index is 1160. The van der Waals surface area contributed by atoms with Gasteiger partial charge in [0.25, 0.3) is 0 Å². The van der Waals surface area contributed by atoms with Crippen molar-refractivity contribution < 1.29 is 19.0 Å². The van der Waals surface area contributed by atoms with Crippen LogP contribution in [0.3, 0.4) is 0 Å². The summed E-state index contributed by atoms with van der Waals surface area (Å²) in [5.74, 6) is 0.439. The first-order chi connectivity index (χ1) is 17.4. The molecule has 4 rings (SSSR count). The summed E-state index contributed by atoms with van der Waals surface area (Å²) < 4.78 is 20.7. The SMILES string of the molecule is COc1ccc2nccc(C(F)CC[C@@H]3CCN(CCCSc4ccc(C)cc4)C[C@@H]3C(=O)O)c2c1. The molecule has 1 unspecified atom stereocenters. The van der Waals surface area contributed by atoms with E-state index in [9.17, 15) is 9.90 Å². The molecule has 0 saturated carbocycles. The lowest BCUT2D eigenvalue weighted by Gasteiger charge is -2.36. The molecule has 1 fully saturated rings. The van der Waals surface area contributed by atoms with Crippen molar-refractivity contribution in [1.82, 2.24) is 9.88 Å². The molecule has 1 saturated heterocycles. The summed E-state index contributed by atoms with van der Waals surface area (Å²) in [4.78, 5) is 19.9. The molecule has 0 spiro atoms. The van der Waals surface area contributed by atoms with E-state index in [-0.39, 0.29) is 5.92 Å². The molecule has 1 aliphatic heterocycles. The van der Waals surface area contributed by atoms with Crippen LogP contribution in [0.25, 0.3) is 10.9 Å². The van der Waals surface area contributed by atoms with Gasteiger partial charge in [-0.3, -0.25) is 9.78 Å². The van der Waals surface area contributed by atoms with Gasteiger partial charge < -0.3 is 14.7 Å². The predicted octanol–water partition coefficient (Wildman–Crippen LogP) is 6.55. The fourth-order valence-corrected chi connectivity index (χ4v) is 5.91. The number of aromatic nitrogens is 1. The van der Waals surface area contributed by atoms with E-state index in [4.69, 9.17) is 4.74 Å². The van der Waals surface area contributed by atoms with E-state index in [0.29, 0.717) is 30.7 Å². The van der Waals surface area contributed by atoms with Crippen LogP contribution in [-0.4, -0.2) is 53.5 Å². The number of hydrogen-bond acceptors (Lipinski definition) is 5. The molecule has 3 aromatic rings. The highest BCUT2D eigenvalue weighted by molar-refractivity contribution is 7.99. The van der Waals surface area contributed by atoms with E-state index < -0.39 is 18.1 Å². The van der Waals surface area contributed by atoms with Crippen molar-refractivity contribution >= 4 is 28.6 Å². The number of ether oxygens (including phenoxy) is 1. The van der Waals surface area contributed by atoms with Crippen molar-refractivity contribution in [2.45, 2.75) is 43.7 Å². The normalized spacial score (nSPS) is 19.3. The van der Waals surface area contributed by atoms with Crippen LogP contribution in [0.2, 0.25) is 0 Å². The molecule has 0 radical (unpaired) electrons. The number of carboxylic acid groups (broad SMARTS) is 1. The van der Waals surface area contributed by atoms with Crippen LogP contribution < -0.4 is 4.74 Å². The first kappa shape index (κ1) is 26.4. The number of rotatable bonds is 11. The van der Waals surface area contributed by atoms with Gasteiger partial charge >= 0.3 is 5.97 Å². The zero-order valence-corrected chi connectivity index (χ0v) is 21.8. The summed E-state index contributed by atoms with van der Waals surface area (Å²) in [6, 6.07) is 15.7. The number of methoxy groups -OCH3 is 1. The van der Waals surface area contributed by atoms with Crippen LogP contribution in [0.15, 0.2) is 59.6 Å². The van der Waals surface area contributed by atoms with Gasteiger partial charge in [-0.25, -0.2) is 4.39 Å². The Labute approximate surface area is 217 Å².